The van der Waals surface area contributed by atoms with Gasteiger partial charge in [-0.15, -0.1) is 0 Å². The molecule has 80 valence electrons. The van der Waals surface area contributed by atoms with Crippen LogP contribution in [0.25, 0.3) is 0 Å². The number of fused-ring (bicyclic) bond motifs is 3. The molecule has 0 amide bonds. The Morgan fingerprint density at radius 1 is 0.867 bits per heavy atom. The Bertz CT molecular complexity index is 399. The zero-order valence-electron chi connectivity index (χ0n) is 9.90. The molecule has 0 spiro atoms. The van der Waals surface area contributed by atoms with Crippen molar-refractivity contribution in [2.24, 2.45) is 0 Å². The van der Waals surface area contributed by atoms with Gasteiger partial charge in [0, 0.05) is 0 Å². The number of rotatable bonds is 1. The number of hydrogen-bond donors (Lipinski definition) is 0. The summed E-state index contributed by atoms with van der Waals surface area (Å²) in [5.41, 5.74) is 8.56. The van der Waals surface area contributed by atoms with Crippen LogP contribution in [0.5, 0.6) is 0 Å². The van der Waals surface area contributed by atoms with Crippen molar-refractivity contribution in [2.75, 3.05) is 0 Å². The van der Waals surface area contributed by atoms with Crippen LogP contribution in [0.4, 0.5) is 0 Å². The van der Waals surface area contributed by atoms with Crippen molar-refractivity contribution in [1.82, 2.24) is 0 Å². The minimum absolute atomic E-state index is 0.711. The maximum Gasteiger partial charge on any atom is -0.0216 e. The van der Waals surface area contributed by atoms with Crippen LogP contribution in [0, 0.1) is 0 Å². The van der Waals surface area contributed by atoms with Gasteiger partial charge in [-0.25, -0.2) is 0 Å². The van der Waals surface area contributed by atoms with E-state index in [1.54, 1.807) is 27.8 Å². The molecule has 0 fully saturated rings. The van der Waals surface area contributed by atoms with E-state index in [1.807, 2.05) is 0 Å². The Morgan fingerprint density at radius 3 is 2.33 bits per heavy atom. The summed E-state index contributed by atoms with van der Waals surface area (Å²) in [7, 11) is 0. The first-order valence-electron chi connectivity index (χ1n) is 6.43. The summed E-state index contributed by atoms with van der Waals surface area (Å²) in [4.78, 5) is 0. The lowest BCUT2D eigenvalue weighted by atomic mass is 9.89. The van der Waals surface area contributed by atoms with Gasteiger partial charge < -0.3 is 0 Å². The second-order valence-corrected chi connectivity index (χ2v) is 5.42. The van der Waals surface area contributed by atoms with Gasteiger partial charge in [0.25, 0.3) is 0 Å². The van der Waals surface area contributed by atoms with Gasteiger partial charge >= 0.3 is 0 Å². The first kappa shape index (κ1) is 9.45. The molecule has 1 aromatic carbocycles. The van der Waals surface area contributed by atoms with Crippen LogP contribution in [0.1, 0.15) is 60.4 Å². The highest BCUT2D eigenvalue weighted by Gasteiger charge is 2.24. The van der Waals surface area contributed by atoms with E-state index in [2.05, 4.69) is 19.9 Å². The standard InChI is InChI=1S/C15H20/c1-10(2)15-9-11-5-3-6-12(11)13-7-4-8-14(13)15/h9-10H,3-8H2,1-2H3. The number of aryl methyl sites for hydroxylation is 1. The molecule has 0 saturated heterocycles. The van der Waals surface area contributed by atoms with Crippen molar-refractivity contribution in [3.63, 3.8) is 0 Å². The average molecular weight is 200 g/mol. The molecule has 0 heterocycles. The highest BCUT2D eigenvalue weighted by Crippen LogP contribution is 2.38. The molecule has 0 saturated carbocycles. The molecule has 0 nitrogen and oxygen atoms in total. The summed E-state index contributed by atoms with van der Waals surface area (Å²) in [6.45, 7) is 4.69. The molecular weight excluding hydrogens is 180 g/mol. The molecule has 2 aliphatic rings. The van der Waals surface area contributed by atoms with Gasteiger partial charge in [0.15, 0.2) is 0 Å². The highest BCUT2D eigenvalue weighted by atomic mass is 14.3. The molecule has 2 aliphatic carbocycles. The Kier molecular flexibility index (Phi) is 2.12. The molecule has 15 heavy (non-hydrogen) atoms. The van der Waals surface area contributed by atoms with Crippen LogP contribution in [-0.4, -0.2) is 0 Å². The third-order valence-corrected chi connectivity index (χ3v) is 4.14. The SMILES string of the molecule is CC(C)c1cc2c(c3c1CCC3)CCC2. The Morgan fingerprint density at radius 2 is 1.53 bits per heavy atom. The Labute approximate surface area is 92.7 Å². The van der Waals surface area contributed by atoms with E-state index in [0.29, 0.717) is 5.92 Å². The van der Waals surface area contributed by atoms with Crippen LogP contribution < -0.4 is 0 Å². The molecule has 0 radical (unpaired) electrons. The molecule has 3 rings (SSSR count). The fraction of sp³-hybridized carbons (Fsp3) is 0.600. The first-order chi connectivity index (χ1) is 7.27. The zero-order chi connectivity index (χ0) is 10.4. The monoisotopic (exact) mass is 200 g/mol. The second kappa shape index (κ2) is 3.37. The molecule has 1 aromatic rings. The quantitative estimate of drug-likeness (QED) is 0.647. The van der Waals surface area contributed by atoms with Crippen LogP contribution in [0.15, 0.2) is 6.07 Å². The van der Waals surface area contributed by atoms with E-state index >= 15 is 0 Å². The predicted octanol–water partition coefficient (Wildman–Crippen LogP) is 3.79. The minimum atomic E-state index is 0.711. The highest BCUT2D eigenvalue weighted by molar-refractivity contribution is 5.51. The van der Waals surface area contributed by atoms with E-state index in [1.165, 1.54) is 38.5 Å². The third-order valence-electron chi connectivity index (χ3n) is 4.14. The van der Waals surface area contributed by atoms with Gasteiger partial charge in [-0.05, 0) is 72.3 Å². The van der Waals surface area contributed by atoms with Crippen LogP contribution >= 0.6 is 0 Å². The first-order valence-corrected chi connectivity index (χ1v) is 6.43. The predicted molar refractivity (Wildman–Crippen MR) is 64.6 cm³/mol. The van der Waals surface area contributed by atoms with Gasteiger partial charge in [0.2, 0.25) is 0 Å². The van der Waals surface area contributed by atoms with E-state index in [0.717, 1.165) is 0 Å². The van der Waals surface area contributed by atoms with Gasteiger partial charge in [0.05, 0.1) is 0 Å². The van der Waals surface area contributed by atoms with Crippen LogP contribution in [-0.2, 0) is 25.7 Å². The normalized spacial score (nSPS) is 18.3. The minimum Gasteiger partial charge on any atom is -0.0587 e. The van der Waals surface area contributed by atoms with Gasteiger partial charge in [-0.2, -0.15) is 0 Å². The lowest BCUT2D eigenvalue weighted by Gasteiger charge is -2.16. The van der Waals surface area contributed by atoms with Gasteiger partial charge in [0.1, 0.15) is 0 Å². The van der Waals surface area contributed by atoms with Crippen molar-refractivity contribution >= 4 is 0 Å². The maximum absolute atomic E-state index is 2.52. The van der Waals surface area contributed by atoms with E-state index in [-0.39, 0.29) is 0 Å². The Balaban J connectivity index is 2.22. The molecule has 0 N–H and O–H groups in total. The second-order valence-electron chi connectivity index (χ2n) is 5.42. The summed E-state index contributed by atoms with van der Waals surface area (Å²) in [5, 5.41) is 0. The van der Waals surface area contributed by atoms with Gasteiger partial charge in [-0.3, -0.25) is 0 Å². The van der Waals surface area contributed by atoms with Crippen molar-refractivity contribution in [3.05, 3.63) is 33.9 Å². The van der Waals surface area contributed by atoms with E-state index < -0.39 is 0 Å². The third kappa shape index (κ3) is 1.34. The molecular formula is C15H20. The number of benzene rings is 1. The molecule has 0 atom stereocenters. The fourth-order valence-electron chi connectivity index (χ4n) is 3.46. The smallest absolute Gasteiger partial charge is 0.0216 e. The summed E-state index contributed by atoms with van der Waals surface area (Å²) < 4.78 is 0. The number of hydrogen-bond acceptors (Lipinski definition) is 0. The lowest BCUT2D eigenvalue weighted by Crippen LogP contribution is -2.00. The summed E-state index contributed by atoms with van der Waals surface area (Å²) in [5.74, 6) is 0.711. The van der Waals surface area contributed by atoms with E-state index in [9.17, 15) is 0 Å². The summed E-state index contributed by atoms with van der Waals surface area (Å²) in [6, 6.07) is 2.52. The Hall–Kier alpha value is -0.780. The molecule has 0 heteroatoms. The van der Waals surface area contributed by atoms with Crippen LogP contribution in [0.3, 0.4) is 0 Å². The summed E-state index contributed by atoms with van der Waals surface area (Å²) >= 11 is 0. The van der Waals surface area contributed by atoms with Crippen molar-refractivity contribution in [3.8, 4) is 0 Å². The topological polar surface area (TPSA) is 0 Å². The molecule has 0 aliphatic heterocycles. The summed E-state index contributed by atoms with van der Waals surface area (Å²) in [6.07, 6.45) is 8.18. The van der Waals surface area contributed by atoms with E-state index in [4.69, 9.17) is 0 Å². The molecule has 0 aromatic heterocycles. The lowest BCUT2D eigenvalue weighted by molar-refractivity contribution is 0.835. The molecule has 0 unspecified atom stereocenters. The molecule has 0 bridgehead atoms. The average Bonchev–Trinajstić information content (AvgIpc) is 2.83. The fourth-order valence-corrected chi connectivity index (χ4v) is 3.46. The van der Waals surface area contributed by atoms with Gasteiger partial charge in [-0.1, -0.05) is 19.9 Å². The van der Waals surface area contributed by atoms with Crippen molar-refractivity contribution in [1.29, 1.82) is 0 Å². The maximum atomic E-state index is 2.52. The van der Waals surface area contributed by atoms with Crippen molar-refractivity contribution < 1.29 is 0 Å². The zero-order valence-corrected chi connectivity index (χ0v) is 9.90. The van der Waals surface area contributed by atoms with Crippen molar-refractivity contribution in [2.45, 2.75) is 58.3 Å². The van der Waals surface area contributed by atoms with Crippen LogP contribution in [0.2, 0.25) is 0 Å². The largest absolute Gasteiger partial charge is 0.0587 e.